The van der Waals surface area contributed by atoms with E-state index in [9.17, 15) is 9.90 Å². The maximum Gasteiger partial charge on any atom is 0.275 e. The average molecular weight is 317 g/mol. The van der Waals surface area contributed by atoms with Crippen LogP contribution >= 0.6 is 0 Å². The van der Waals surface area contributed by atoms with Crippen molar-refractivity contribution in [1.82, 2.24) is 20.0 Å². The minimum atomic E-state index is -1.01. The monoisotopic (exact) mass is 317 g/mol. The van der Waals surface area contributed by atoms with Crippen LogP contribution in [0.4, 0.5) is 5.95 Å². The number of rotatable bonds is 4. The van der Waals surface area contributed by atoms with Gasteiger partial charge in [-0.3, -0.25) is 4.79 Å². The molecule has 0 aromatic carbocycles. The Bertz CT molecular complexity index is 648. The van der Waals surface area contributed by atoms with Crippen LogP contribution in [0.3, 0.4) is 0 Å². The number of hydrogen-bond donors (Lipinski definition) is 1. The molecule has 1 N–H and O–H groups in total. The van der Waals surface area contributed by atoms with Gasteiger partial charge in [0.05, 0.1) is 18.7 Å². The van der Waals surface area contributed by atoms with E-state index >= 15 is 0 Å². The summed E-state index contributed by atoms with van der Waals surface area (Å²) in [5, 5.41) is 14.5. The van der Waals surface area contributed by atoms with Gasteiger partial charge in [-0.05, 0) is 18.9 Å². The number of likely N-dealkylation sites (N-methyl/N-ethyl adjacent to an activating group) is 1. The number of amides is 1. The van der Waals surface area contributed by atoms with Gasteiger partial charge in [-0.15, -0.1) is 0 Å². The molecule has 1 aliphatic rings. The lowest BCUT2D eigenvalue weighted by Gasteiger charge is -2.40. The number of nitrogens with zero attached hydrogens (tertiary/aromatic N) is 5. The third kappa shape index (κ3) is 3.48. The number of piperidine rings is 1. The van der Waals surface area contributed by atoms with Crippen LogP contribution in [0.25, 0.3) is 0 Å². The highest BCUT2D eigenvalue weighted by Crippen LogP contribution is 2.24. The number of β-amino-alcohol motifs (C(OH)–C–C–N with tert-alkyl or cyclic N) is 1. The van der Waals surface area contributed by atoms with Crippen molar-refractivity contribution in [3.05, 3.63) is 36.5 Å². The van der Waals surface area contributed by atoms with Gasteiger partial charge in [0.1, 0.15) is 6.26 Å². The van der Waals surface area contributed by atoms with Crippen molar-refractivity contribution in [3.63, 3.8) is 0 Å². The lowest BCUT2D eigenvalue weighted by molar-refractivity contribution is -0.000538. The lowest BCUT2D eigenvalue weighted by Crippen LogP contribution is -2.55. The van der Waals surface area contributed by atoms with Gasteiger partial charge in [0.25, 0.3) is 5.91 Å². The molecule has 8 nitrogen and oxygen atoms in total. The van der Waals surface area contributed by atoms with Crippen LogP contribution < -0.4 is 4.90 Å². The van der Waals surface area contributed by atoms with Gasteiger partial charge in [0, 0.05) is 32.1 Å². The summed E-state index contributed by atoms with van der Waals surface area (Å²) in [5.41, 5.74) is -0.777. The topological polar surface area (TPSA) is 95.6 Å². The molecule has 122 valence electrons. The van der Waals surface area contributed by atoms with E-state index in [4.69, 9.17) is 4.52 Å². The quantitative estimate of drug-likeness (QED) is 0.880. The van der Waals surface area contributed by atoms with Crippen LogP contribution in [0.5, 0.6) is 0 Å². The van der Waals surface area contributed by atoms with E-state index < -0.39 is 5.60 Å². The van der Waals surface area contributed by atoms with Crippen LogP contribution in [-0.2, 0) is 0 Å². The number of carbonyl (C=O) groups excluding carboxylic acids is 1. The molecule has 0 aliphatic carbocycles. The molecule has 0 saturated carbocycles. The predicted molar refractivity (Wildman–Crippen MR) is 81.9 cm³/mol. The molecule has 1 aliphatic heterocycles. The van der Waals surface area contributed by atoms with Gasteiger partial charge in [-0.25, -0.2) is 9.97 Å². The summed E-state index contributed by atoms with van der Waals surface area (Å²) in [6.45, 7) is 1.38. The molecule has 0 radical (unpaired) electrons. The molecule has 23 heavy (non-hydrogen) atoms. The summed E-state index contributed by atoms with van der Waals surface area (Å²) in [5.74, 6) is 0.316. The highest BCUT2D eigenvalue weighted by atomic mass is 16.5. The minimum absolute atomic E-state index is 0.210. The van der Waals surface area contributed by atoms with Crippen LogP contribution in [0.2, 0.25) is 0 Å². The Morgan fingerprint density at radius 2 is 2.26 bits per heavy atom. The Kier molecular flexibility index (Phi) is 4.24. The highest BCUT2D eigenvalue weighted by molar-refractivity contribution is 5.91. The largest absolute Gasteiger partial charge is 0.386 e. The zero-order chi connectivity index (χ0) is 16.3. The third-order valence-corrected chi connectivity index (χ3v) is 3.93. The molecule has 2 aromatic heterocycles. The first-order valence-corrected chi connectivity index (χ1v) is 7.48. The van der Waals surface area contributed by atoms with E-state index in [-0.39, 0.29) is 18.1 Å². The van der Waals surface area contributed by atoms with Gasteiger partial charge in [-0.1, -0.05) is 5.16 Å². The van der Waals surface area contributed by atoms with Crippen molar-refractivity contribution in [2.45, 2.75) is 18.4 Å². The summed E-state index contributed by atoms with van der Waals surface area (Å²) in [7, 11) is 1.65. The Balaban J connectivity index is 1.67. The molecule has 1 atom stereocenters. The molecule has 0 unspecified atom stereocenters. The first-order valence-electron chi connectivity index (χ1n) is 7.48. The van der Waals surface area contributed by atoms with E-state index in [1.807, 2.05) is 4.90 Å². The smallest absolute Gasteiger partial charge is 0.275 e. The van der Waals surface area contributed by atoms with E-state index in [0.29, 0.717) is 18.9 Å². The van der Waals surface area contributed by atoms with Crippen LogP contribution in [0.15, 0.2) is 35.3 Å². The summed E-state index contributed by atoms with van der Waals surface area (Å²) >= 11 is 0. The zero-order valence-corrected chi connectivity index (χ0v) is 12.9. The fraction of sp³-hybridized carbons (Fsp3) is 0.467. The zero-order valence-electron chi connectivity index (χ0n) is 12.9. The number of carbonyl (C=O) groups is 1. The van der Waals surface area contributed by atoms with Crippen LogP contribution in [0, 0.1) is 0 Å². The van der Waals surface area contributed by atoms with E-state index in [0.717, 1.165) is 13.0 Å². The average Bonchev–Trinajstić information content (AvgIpc) is 3.09. The molecule has 0 spiro atoms. The Morgan fingerprint density at radius 3 is 2.96 bits per heavy atom. The first-order chi connectivity index (χ1) is 11.1. The molecule has 2 aromatic rings. The van der Waals surface area contributed by atoms with Crippen LogP contribution in [0.1, 0.15) is 23.3 Å². The molecule has 3 rings (SSSR count). The lowest BCUT2D eigenvalue weighted by atomic mass is 9.92. The Morgan fingerprint density at radius 1 is 1.48 bits per heavy atom. The molecule has 8 heteroatoms. The van der Waals surface area contributed by atoms with Crippen molar-refractivity contribution >= 4 is 11.9 Å². The number of aliphatic hydroxyl groups is 1. The molecule has 3 heterocycles. The second-order valence-electron chi connectivity index (χ2n) is 5.84. The van der Waals surface area contributed by atoms with Gasteiger partial charge < -0.3 is 19.4 Å². The number of anilines is 1. The molecule has 1 saturated heterocycles. The van der Waals surface area contributed by atoms with Crippen LogP contribution in [-0.4, -0.2) is 63.3 Å². The summed E-state index contributed by atoms with van der Waals surface area (Å²) in [6, 6.07) is 3.26. The Hall–Kier alpha value is -2.48. The maximum atomic E-state index is 12.2. The normalized spacial score (nSPS) is 21.2. The van der Waals surface area contributed by atoms with Crippen molar-refractivity contribution in [2.75, 3.05) is 31.6 Å². The number of hydrogen-bond acceptors (Lipinski definition) is 7. The summed E-state index contributed by atoms with van der Waals surface area (Å²) in [6.07, 6.45) is 6.13. The molecule has 1 amide bonds. The first kappa shape index (κ1) is 15.4. The van der Waals surface area contributed by atoms with Gasteiger partial charge in [-0.2, -0.15) is 0 Å². The van der Waals surface area contributed by atoms with Crippen molar-refractivity contribution in [2.24, 2.45) is 0 Å². The van der Waals surface area contributed by atoms with Gasteiger partial charge >= 0.3 is 0 Å². The second-order valence-corrected chi connectivity index (χ2v) is 5.84. The van der Waals surface area contributed by atoms with Crippen molar-refractivity contribution < 1.29 is 14.4 Å². The molecule has 0 bridgehead atoms. The minimum Gasteiger partial charge on any atom is -0.386 e. The third-order valence-electron chi connectivity index (χ3n) is 3.93. The Labute approximate surface area is 133 Å². The van der Waals surface area contributed by atoms with Gasteiger partial charge in [0.2, 0.25) is 5.95 Å². The summed E-state index contributed by atoms with van der Waals surface area (Å²) in [4.78, 5) is 24.1. The molecular weight excluding hydrogens is 298 g/mol. The fourth-order valence-electron chi connectivity index (χ4n) is 2.90. The number of aromatic nitrogens is 3. The van der Waals surface area contributed by atoms with E-state index in [1.165, 1.54) is 17.2 Å². The SMILES string of the molecule is CN(C[C@@]1(O)CCCN(c2ncccn2)C1)C(=O)c1ccon1. The maximum absolute atomic E-state index is 12.2. The fourth-order valence-corrected chi connectivity index (χ4v) is 2.90. The van der Waals surface area contributed by atoms with Gasteiger partial charge in [0.15, 0.2) is 5.69 Å². The van der Waals surface area contributed by atoms with Crippen molar-refractivity contribution in [3.8, 4) is 0 Å². The van der Waals surface area contributed by atoms with E-state index in [1.54, 1.807) is 25.5 Å². The summed E-state index contributed by atoms with van der Waals surface area (Å²) < 4.78 is 4.69. The van der Waals surface area contributed by atoms with Crippen molar-refractivity contribution in [1.29, 1.82) is 0 Å². The van der Waals surface area contributed by atoms with E-state index in [2.05, 4.69) is 15.1 Å². The second kappa shape index (κ2) is 6.33. The molecular formula is C15H19N5O3. The predicted octanol–water partition coefficient (Wildman–Crippen LogP) is 0.568. The highest BCUT2D eigenvalue weighted by Gasteiger charge is 2.36. The standard InChI is InChI=1S/C15H19N5O3/c1-19(13(21)12-4-9-23-18-12)10-15(22)5-2-8-20(11-15)14-16-6-3-7-17-14/h3-4,6-7,9,22H,2,5,8,10-11H2,1H3/t15-/m0/s1. The molecule has 1 fully saturated rings.